The molecule has 0 spiro atoms. The van der Waals surface area contributed by atoms with Crippen LogP contribution in [-0.4, -0.2) is 48.1 Å². The van der Waals surface area contributed by atoms with Crippen LogP contribution in [0, 0.1) is 0 Å². The fourth-order valence-corrected chi connectivity index (χ4v) is 3.32. The third-order valence-corrected chi connectivity index (χ3v) is 4.88. The molecule has 3 amide bonds. The van der Waals surface area contributed by atoms with Gasteiger partial charge in [-0.1, -0.05) is 0 Å². The summed E-state index contributed by atoms with van der Waals surface area (Å²) in [7, 11) is 3.10. The van der Waals surface area contributed by atoms with Crippen LogP contribution >= 0.6 is 11.3 Å². The van der Waals surface area contributed by atoms with Gasteiger partial charge in [0.15, 0.2) is 0 Å². The van der Waals surface area contributed by atoms with Crippen LogP contribution in [0.2, 0.25) is 0 Å². The van der Waals surface area contributed by atoms with Gasteiger partial charge >= 0.3 is 6.03 Å². The smallest absolute Gasteiger partial charge is 0.322 e. The van der Waals surface area contributed by atoms with Gasteiger partial charge in [0.25, 0.3) is 5.91 Å². The Morgan fingerprint density at radius 1 is 1.17 bits per heavy atom. The Morgan fingerprint density at radius 2 is 1.90 bits per heavy atom. The monoisotopic (exact) mass is 420 g/mol. The molecule has 1 aromatic heterocycles. The molecule has 29 heavy (non-hydrogen) atoms. The number of anilines is 1. The zero-order valence-electron chi connectivity index (χ0n) is 17.6. The predicted octanol–water partition coefficient (Wildman–Crippen LogP) is 3.74. The third-order valence-electron chi connectivity index (χ3n) is 4.04. The molecule has 2 aromatic rings. The number of carbonyl (C=O) groups excluding carboxylic acids is 2. The first-order valence-corrected chi connectivity index (χ1v) is 10.2. The first-order chi connectivity index (χ1) is 13.7. The molecule has 0 aliphatic carbocycles. The number of carbonyl (C=O) groups is 2. The minimum absolute atomic E-state index is 0.0325. The number of hydrogen-bond donors (Lipinski definition) is 2. The maximum atomic E-state index is 12.9. The van der Waals surface area contributed by atoms with Crippen molar-refractivity contribution in [3.05, 3.63) is 34.3 Å². The van der Waals surface area contributed by atoms with Crippen LogP contribution in [0.1, 0.15) is 43.2 Å². The molecule has 0 aliphatic heterocycles. The van der Waals surface area contributed by atoms with Crippen molar-refractivity contribution in [1.82, 2.24) is 15.2 Å². The third kappa shape index (κ3) is 6.08. The number of thiazole rings is 1. The lowest BCUT2D eigenvalue weighted by molar-refractivity contribution is 0.0938. The second-order valence-corrected chi connectivity index (χ2v) is 7.92. The Labute approximate surface area is 175 Å². The average molecular weight is 421 g/mol. The molecule has 2 N–H and O–H groups in total. The molecular weight excluding hydrogens is 392 g/mol. The van der Waals surface area contributed by atoms with Gasteiger partial charge in [0.1, 0.15) is 22.2 Å². The zero-order valence-corrected chi connectivity index (χ0v) is 18.4. The second kappa shape index (κ2) is 10.1. The van der Waals surface area contributed by atoms with Gasteiger partial charge < -0.3 is 25.0 Å². The van der Waals surface area contributed by atoms with Gasteiger partial charge in [0, 0.05) is 23.5 Å². The highest BCUT2D eigenvalue weighted by Crippen LogP contribution is 2.29. The summed E-state index contributed by atoms with van der Waals surface area (Å²) in [6.45, 7) is 7.92. The number of hydrogen-bond acceptors (Lipinski definition) is 6. The Kier molecular flexibility index (Phi) is 7.83. The number of aromatic nitrogens is 1. The van der Waals surface area contributed by atoms with E-state index in [1.807, 2.05) is 27.7 Å². The van der Waals surface area contributed by atoms with E-state index in [0.717, 1.165) is 0 Å². The standard InChI is InChI=1S/C20H28N4O4S/c1-12(2)21-19(25)16-11-29-18(22-16)10-24(13(3)4)20(26)23-15-8-7-14(27-5)9-17(15)28-6/h7-9,11-13H,10H2,1-6H3,(H,21,25)(H,23,26). The maximum absolute atomic E-state index is 12.9. The number of nitrogens with one attached hydrogen (secondary N) is 2. The number of amides is 3. The number of urea groups is 1. The molecule has 2 rings (SSSR count). The number of rotatable bonds is 8. The van der Waals surface area contributed by atoms with Crippen LogP contribution in [0.15, 0.2) is 23.6 Å². The SMILES string of the molecule is COc1ccc(NC(=O)N(Cc2nc(C(=O)NC(C)C)cs2)C(C)C)c(OC)c1. The molecule has 0 bridgehead atoms. The van der Waals surface area contributed by atoms with Crippen molar-refractivity contribution in [2.45, 2.75) is 46.3 Å². The van der Waals surface area contributed by atoms with Crippen LogP contribution in [0.3, 0.4) is 0 Å². The van der Waals surface area contributed by atoms with Crippen molar-refractivity contribution >= 4 is 29.0 Å². The van der Waals surface area contributed by atoms with Gasteiger partial charge in [-0.2, -0.15) is 0 Å². The number of ether oxygens (including phenoxy) is 2. The average Bonchev–Trinajstić information content (AvgIpc) is 3.14. The van der Waals surface area contributed by atoms with E-state index < -0.39 is 0 Å². The molecule has 0 fully saturated rings. The van der Waals surface area contributed by atoms with E-state index in [2.05, 4.69) is 15.6 Å². The van der Waals surface area contributed by atoms with E-state index >= 15 is 0 Å². The molecule has 1 heterocycles. The maximum Gasteiger partial charge on any atom is 0.322 e. The van der Waals surface area contributed by atoms with Crippen molar-refractivity contribution in [3.63, 3.8) is 0 Å². The molecular formula is C20H28N4O4S. The molecule has 0 saturated heterocycles. The van der Waals surface area contributed by atoms with Crippen LogP contribution in [0.5, 0.6) is 11.5 Å². The van der Waals surface area contributed by atoms with E-state index in [4.69, 9.17) is 9.47 Å². The zero-order chi connectivity index (χ0) is 21.6. The summed E-state index contributed by atoms with van der Waals surface area (Å²) >= 11 is 1.35. The minimum Gasteiger partial charge on any atom is -0.497 e. The van der Waals surface area contributed by atoms with Crippen LogP contribution < -0.4 is 20.1 Å². The van der Waals surface area contributed by atoms with E-state index in [1.54, 1.807) is 35.6 Å². The molecule has 0 radical (unpaired) electrons. The summed E-state index contributed by atoms with van der Waals surface area (Å²) < 4.78 is 10.5. The molecule has 0 saturated carbocycles. The molecule has 158 valence electrons. The summed E-state index contributed by atoms with van der Waals surface area (Å²) in [4.78, 5) is 31.0. The topological polar surface area (TPSA) is 92.8 Å². The molecule has 0 unspecified atom stereocenters. The van der Waals surface area contributed by atoms with Crippen LogP contribution in [-0.2, 0) is 6.54 Å². The van der Waals surface area contributed by atoms with Gasteiger partial charge in [0.05, 0.1) is 26.5 Å². The number of nitrogens with zero attached hydrogens (tertiary/aromatic N) is 2. The summed E-state index contributed by atoms with van der Waals surface area (Å²) in [6.07, 6.45) is 0. The molecule has 0 atom stereocenters. The highest BCUT2D eigenvalue weighted by atomic mass is 32.1. The van der Waals surface area contributed by atoms with Crippen molar-refractivity contribution in [2.24, 2.45) is 0 Å². The lowest BCUT2D eigenvalue weighted by Crippen LogP contribution is -2.39. The fraction of sp³-hybridized carbons (Fsp3) is 0.450. The number of methoxy groups -OCH3 is 2. The van der Waals surface area contributed by atoms with Gasteiger partial charge in [-0.15, -0.1) is 11.3 Å². The Bertz CT molecular complexity index is 851. The Hall–Kier alpha value is -2.81. The van der Waals surface area contributed by atoms with Crippen LogP contribution in [0.25, 0.3) is 0 Å². The highest BCUT2D eigenvalue weighted by molar-refractivity contribution is 7.09. The molecule has 0 aliphatic rings. The largest absolute Gasteiger partial charge is 0.497 e. The van der Waals surface area contributed by atoms with Crippen molar-refractivity contribution in [3.8, 4) is 11.5 Å². The van der Waals surface area contributed by atoms with E-state index in [0.29, 0.717) is 34.4 Å². The second-order valence-electron chi connectivity index (χ2n) is 6.97. The summed E-state index contributed by atoms with van der Waals surface area (Å²) in [5.74, 6) is 0.921. The van der Waals surface area contributed by atoms with Crippen molar-refractivity contribution in [2.75, 3.05) is 19.5 Å². The quantitative estimate of drug-likeness (QED) is 0.679. The predicted molar refractivity (Wildman–Crippen MR) is 114 cm³/mol. The summed E-state index contributed by atoms with van der Waals surface area (Å²) in [5.41, 5.74) is 0.903. The van der Waals surface area contributed by atoms with Crippen molar-refractivity contribution < 1.29 is 19.1 Å². The first-order valence-electron chi connectivity index (χ1n) is 9.30. The molecule has 9 heteroatoms. The van der Waals surface area contributed by atoms with E-state index in [-0.39, 0.29) is 24.0 Å². The first kappa shape index (κ1) is 22.5. The van der Waals surface area contributed by atoms with Gasteiger partial charge in [-0.05, 0) is 39.8 Å². The fourth-order valence-electron chi connectivity index (χ4n) is 2.55. The van der Waals surface area contributed by atoms with Gasteiger partial charge in [0.2, 0.25) is 0 Å². The Morgan fingerprint density at radius 3 is 2.48 bits per heavy atom. The lowest BCUT2D eigenvalue weighted by atomic mass is 10.2. The van der Waals surface area contributed by atoms with Crippen molar-refractivity contribution in [1.29, 1.82) is 0 Å². The number of benzene rings is 1. The Balaban J connectivity index is 2.13. The molecule has 1 aromatic carbocycles. The summed E-state index contributed by atoms with van der Waals surface area (Å²) in [5, 5.41) is 8.08. The normalized spacial score (nSPS) is 10.8. The van der Waals surface area contributed by atoms with Crippen LogP contribution in [0.4, 0.5) is 10.5 Å². The highest BCUT2D eigenvalue weighted by Gasteiger charge is 2.21. The van der Waals surface area contributed by atoms with E-state index in [1.165, 1.54) is 18.4 Å². The van der Waals surface area contributed by atoms with E-state index in [9.17, 15) is 9.59 Å². The summed E-state index contributed by atoms with van der Waals surface area (Å²) in [6, 6.07) is 4.85. The van der Waals surface area contributed by atoms with Gasteiger partial charge in [-0.3, -0.25) is 4.79 Å². The molecule has 8 nitrogen and oxygen atoms in total. The van der Waals surface area contributed by atoms with Gasteiger partial charge in [-0.25, -0.2) is 9.78 Å². The lowest BCUT2D eigenvalue weighted by Gasteiger charge is -2.26. The minimum atomic E-state index is -0.285.